The van der Waals surface area contributed by atoms with E-state index in [1.165, 1.54) is 12.8 Å². The maximum atomic E-state index is 13.5. The highest BCUT2D eigenvalue weighted by molar-refractivity contribution is 5.85. The molecule has 1 heterocycles. The van der Waals surface area contributed by atoms with Crippen LogP contribution in [0.4, 0.5) is 4.39 Å². The molecule has 84 valence electrons. The zero-order valence-electron chi connectivity index (χ0n) is 8.92. The van der Waals surface area contributed by atoms with Crippen molar-refractivity contribution in [3.8, 4) is 0 Å². The third-order valence-electron chi connectivity index (χ3n) is 2.84. The minimum atomic E-state index is -0.0741. The predicted octanol–water partition coefficient (Wildman–Crippen LogP) is 3.37. The van der Waals surface area contributed by atoms with Crippen LogP contribution in [-0.2, 0) is 0 Å². The predicted molar refractivity (Wildman–Crippen MR) is 63.0 cm³/mol. The Bertz CT molecular complexity index is 321. The summed E-state index contributed by atoms with van der Waals surface area (Å²) in [5.41, 5.74) is 1.97. The third kappa shape index (κ3) is 2.93. The fraction of sp³-hybridized carbons (Fsp3) is 0.500. The lowest BCUT2D eigenvalue weighted by atomic mass is 9.96. The Morgan fingerprint density at radius 2 is 2.13 bits per heavy atom. The quantitative estimate of drug-likeness (QED) is 0.779. The van der Waals surface area contributed by atoms with Crippen LogP contribution in [0.2, 0.25) is 0 Å². The van der Waals surface area contributed by atoms with Gasteiger partial charge < -0.3 is 5.32 Å². The molecule has 3 heteroatoms. The highest BCUT2D eigenvalue weighted by Gasteiger charge is 2.17. The number of hydrogen-bond acceptors (Lipinski definition) is 1. The van der Waals surface area contributed by atoms with Crippen LogP contribution >= 0.6 is 12.4 Å². The first-order chi connectivity index (χ1) is 6.77. The number of halogens is 2. The Hall–Kier alpha value is -0.600. The summed E-state index contributed by atoms with van der Waals surface area (Å²) >= 11 is 0. The SMILES string of the molecule is Cc1ccc(F)c([C@@H]2CCCCN2)c1.Cl. The van der Waals surface area contributed by atoms with Gasteiger partial charge >= 0.3 is 0 Å². The van der Waals surface area contributed by atoms with Crippen LogP contribution in [0.15, 0.2) is 18.2 Å². The Labute approximate surface area is 96.5 Å². The maximum Gasteiger partial charge on any atom is 0.127 e. The van der Waals surface area contributed by atoms with Crippen molar-refractivity contribution in [2.24, 2.45) is 0 Å². The van der Waals surface area contributed by atoms with Gasteiger partial charge in [-0.05, 0) is 32.4 Å². The standard InChI is InChI=1S/C12H16FN.ClH/c1-9-5-6-11(13)10(8-9)12-4-2-3-7-14-12;/h5-6,8,12,14H,2-4,7H2,1H3;1H/t12-;/m0./s1. The van der Waals surface area contributed by atoms with Gasteiger partial charge in [0.1, 0.15) is 5.82 Å². The monoisotopic (exact) mass is 229 g/mol. The number of rotatable bonds is 1. The van der Waals surface area contributed by atoms with Gasteiger partial charge in [0.05, 0.1) is 0 Å². The lowest BCUT2D eigenvalue weighted by Gasteiger charge is -2.24. The van der Waals surface area contributed by atoms with Crippen molar-refractivity contribution >= 4 is 12.4 Å². The van der Waals surface area contributed by atoms with Crippen molar-refractivity contribution in [3.63, 3.8) is 0 Å². The van der Waals surface area contributed by atoms with Gasteiger partial charge in [-0.3, -0.25) is 0 Å². The van der Waals surface area contributed by atoms with Crippen LogP contribution in [0.25, 0.3) is 0 Å². The van der Waals surface area contributed by atoms with Crippen LogP contribution in [0.1, 0.15) is 36.4 Å². The van der Waals surface area contributed by atoms with Crippen LogP contribution in [0, 0.1) is 12.7 Å². The molecule has 1 nitrogen and oxygen atoms in total. The van der Waals surface area contributed by atoms with E-state index in [0.29, 0.717) is 0 Å². The third-order valence-corrected chi connectivity index (χ3v) is 2.84. The second-order valence-corrected chi connectivity index (χ2v) is 4.03. The topological polar surface area (TPSA) is 12.0 Å². The Morgan fingerprint density at radius 1 is 1.33 bits per heavy atom. The Kier molecular flexibility index (Phi) is 4.55. The number of aryl methyl sites for hydroxylation is 1. The van der Waals surface area contributed by atoms with Crippen molar-refractivity contribution in [1.82, 2.24) is 5.32 Å². The summed E-state index contributed by atoms with van der Waals surface area (Å²) in [6.45, 7) is 3.02. The number of piperidine rings is 1. The minimum absolute atomic E-state index is 0. The molecule has 1 saturated heterocycles. The van der Waals surface area contributed by atoms with Crippen LogP contribution in [0.3, 0.4) is 0 Å². The lowest BCUT2D eigenvalue weighted by Crippen LogP contribution is -2.27. The highest BCUT2D eigenvalue weighted by atomic mass is 35.5. The Balaban J connectivity index is 0.00000112. The largest absolute Gasteiger partial charge is 0.310 e. The molecule has 1 N–H and O–H groups in total. The van der Waals surface area contributed by atoms with Gasteiger partial charge in [-0.1, -0.05) is 24.1 Å². The summed E-state index contributed by atoms with van der Waals surface area (Å²) in [7, 11) is 0. The molecule has 0 spiro atoms. The summed E-state index contributed by atoms with van der Waals surface area (Å²) in [6.07, 6.45) is 3.47. The van der Waals surface area contributed by atoms with Crippen molar-refractivity contribution in [3.05, 3.63) is 35.1 Å². The maximum absolute atomic E-state index is 13.5. The molecule has 15 heavy (non-hydrogen) atoms. The highest BCUT2D eigenvalue weighted by Crippen LogP contribution is 2.25. The molecule has 2 rings (SSSR count). The van der Waals surface area contributed by atoms with E-state index in [-0.39, 0.29) is 24.3 Å². The van der Waals surface area contributed by atoms with Crippen LogP contribution < -0.4 is 5.32 Å². The van der Waals surface area contributed by atoms with E-state index in [9.17, 15) is 4.39 Å². The molecule has 0 bridgehead atoms. The minimum Gasteiger partial charge on any atom is -0.310 e. The molecule has 0 unspecified atom stereocenters. The van der Waals surface area contributed by atoms with Gasteiger partial charge in [-0.2, -0.15) is 0 Å². The first kappa shape index (κ1) is 12.5. The van der Waals surface area contributed by atoms with E-state index in [0.717, 1.165) is 24.1 Å². The van der Waals surface area contributed by atoms with E-state index in [2.05, 4.69) is 5.32 Å². The van der Waals surface area contributed by atoms with Gasteiger partial charge in [-0.25, -0.2) is 4.39 Å². The molecular weight excluding hydrogens is 213 g/mol. The van der Waals surface area contributed by atoms with Crippen LogP contribution in [0.5, 0.6) is 0 Å². The first-order valence-electron chi connectivity index (χ1n) is 5.27. The molecule has 0 radical (unpaired) electrons. The molecular formula is C12H17ClFN. The molecule has 1 aromatic rings. The van der Waals surface area contributed by atoms with Crippen molar-refractivity contribution in [2.75, 3.05) is 6.54 Å². The molecule has 1 aliphatic rings. The molecule has 0 amide bonds. The van der Waals surface area contributed by atoms with Crippen molar-refractivity contribution in [2.45, 2.75) is 32.2 Å². The summed E-state index contributed by atoms with van der Waals surface area (Å²) in [6, 6.07) is 5.57. The number of nitrogens with one attached hydrogen (secondary N) is 1. The second-order valence-electron chi connectivity index (χ2n) is 4.03. The first-order valence-corrected chi connectivity index (χ1v) is 5.27. The second kappa shape index (κ2) is 5.47. The van der Waals surface area contributed by atoms with Gasteiger partial charge in [-0.15, -0.1) is 12.4 Å². The molecule has 1 atom stereocenters. The van der Waals surface area contributed by atoms with E-state index in [1.807, 2.05) is 19.1 Å². The zero-order valence-corrected chi connectivity index (χ0v) is 9.74. The summed E-state index contributed by atoms with van der Waals surface area (Å²) in [5.74, 6) is -0.0741. The van der Waals surface area contributed by atoms with Crippen LogP contribution in [-0.4, -0.2) is 6.54 Å². The van der Waals surface area contributed by atoms with E-state index in [1.54, 1.807) is 6.07 Å². The molecule has 0 aromatic heterocycles. The fourth-order valence-corrected chi connectivity index (χ4v) is 2.05. The average molecular weight is 230 g/mol. The van der Waals surface area contributed by atoms with Crippen molar-refractivity contribution < 1.29 is 4.39 Å². The number of benzene rings is 1. The Morgan fingerprint density at radius 3 is 2.80 bits per heavy atom. The molecule has 1 aliphatic heterocycles. The van der Waals surface area contributed by atoms with E-state index < -0.39 is 0 Å². The summed E-state index contributed by atoms with van der Waals surface area (Å²) < 4.78 is 13.5. The lowest BCUT2D eigenvalue weighted by molar-refractivity contribution is 0.400. The smallest absolute Gasteiger partial charge is 0.127 e. The molecule has 0 aliphatic carbocycles. The van der Waals surface area contributed by atoms with Gasteiger partial charge in [0.25, 0.3) is 0 Å². The fourth-order valence-electron chi connectivity index (χ4n) is 2.05. The zero-order chi connectivity index (χ0) is 9.97. The van der Waals surface area contributed by atoms with Gasteiger partial charge in [0.2, 0.25) is 0 Å². The molecule has 0 saturated carbocycles. The summed E-state index contributed by atoms with van der Waals surface area (Å²) in [4.78, 5) is 0. The van der Waals surface area contributed by atoms with Gasteiger partial charge in [0, 0.05) is 11.6 Å². The van der Waals surface area contributed by atoms with E-state index >= 15 is 0 Å². The normalized spacial score (nSPS) is 20.8. The van der Waals surface area contributed by atoms with Crippen molar-refractivity contribution in [1.29, 1.82) is 0 Å². The van der Waals surface area contributed by atoms with Gasteiger partial charge in [0.15, 0.2) is 0 Å². The average Bonchev–Trinajstić information content (AvgIpc) is 2.23. The summed E-state index contributed by atoms with van der Waals surface area (Å²) in [5, 5.41) is 3.36. The number of hydrogen-bond donors (Lipinski definition) is 1. The van der Waals surface area contributed by atoms with E-state index in [4.69, 9.17) is 0 Å². The molecule has 1 fully saturated rings. The molecule has 1 aromatic carbocycles.